The lowest BCUT2D eigenvalue weighted by molar-refractivity contribution is -0.135. The molecule has 14 heavy (non-hydrogen) atoms. The van der Waals surface area contributed by atoms with Crippen molar-refractivity contribution in [2.24, 2.45) is 5.16 Å². The van der Waals surface area contributed by atoms with Crippen LogP contribution in [0.4, 0.5) is 0 Å². The molecule has 0 saturated heterocycles. The predicted octanol–water partition coefficient (Wildman–Crippen LogP) is 0.218. The van der Waals surface area contributed by atoms with E-state index in [4.69, 9.17) is 5.21 Å². The molecular formula is C8H9N3O3. The molecule has 1 rings (SSSR count). The number of aromatic nitrogens is 2. The Balaban J connectivity index is 2.89. The molecular weight excluding hydrogens is 186 g/mol. The summed E-state index contributed by atoms with van der Waals surface area (Å²) >= 11 is 0. The van der Waals surface area contributed by atoms with E-state index in [0.717, 1.165) is 0 Å². The van der Waals surface area contributed by atoms with E-state index in [0.29, 0.717) is 0 Å². The quantitative estimate of drug-likeness (QED) is 0.322. The maximum atomic E-state index is 11.2. The minimum atomic E-state index is -0.726. The van der Waals surface area contributed by atoms with Crippen molar-refractivity contribution < 1.29 is 14.7 Å². The van der Waals surface area contributed by atoms with Crippen LogP contribution in [0.1, 0.15) is 12.6 Å². The molecule has 0 radical (unpaired) electrons. The molecule has 6 heteroatoms. The molecule has 0 aliphatic rings. The van der Waals surface area contributed by atoms with Crippen LogP contribution in [0.15, 0.2) is 23.7 Å². The van der Waals surface area contributed by atoms with Crippen LogP contribution in [0.5, 0.6) is 0 Å². The zero-order valence-electron chi connectivity index (χ0n) is 7.54. The second kappa shape index (κ2) is 4.90. The fourth-order valence-corrected chi connectivity index (χ4v) is 0.817. The van der Waals surface area contributed by atoms with Crippen molar-refractivity contribution in [1.82, 2.24) is 9.97 Å². The largest absolute Gasteiger partial charge is 0.461 e. The molecule has 1 aromatic heterocycles. The van der Waals surface area contributed by atoms with E-state index < -0.39 is 5.97 Å². The van der Waals surface area contributed by atoms with Crippen LogP contribution in [0, 0.1) is 0 Å². The average Bonchev–Trinajstić information content (AvgIpc) is 2.21. The number of hydrogen-bond acceptors (Lipinski definition) is 6. The molecule has 0 amide bonds. The van der Waals surface area contributed by atoms with E-state index in [1.54, 1.807) is 6.92 Å². The van der Waals surface area contributed by atoms with Crippen LogP contribution in [0.2, 0.25) is 0 Å². The van der Waals surface area contributed by atoms with E-state index in [-0.39, 0.29) is 18.0 Å². The normalized spacial score (nSPS) is 11.1. The summed E-state index contributed by atoms with van der Waals surface area (Å²) < 4.78 is 4.65. The number of nitrogens with zero attached hydrogens (tertiary/aromatic N) is 3. The van der Waals surface area contributed by atoms with Crippen LogP contribution in [0.3, 0.4) is 0 Å². The highest BCUT2D eigenvalue weighted by atomic mass is 16.5. The third-order valence-corrected chi connectivity index (χ3v) is 1.37. The van der Waals surface area contributed by atoms with Crippen molar-refractivity contribution in [3.8, 4) is 0 Å². The zero-order chi connectivity index (χ0) is 10.4. The number of esters is 1. The van der Waals surface area contributed by atoms with Gasteiger partial charge < -0.3 is 9.94 Å². The second-order valence-electron chi connectivity index (χ2n) is 2.26. The summed E-state index contributed by atoms with van der Waals surface area (Å²) in [7, 11) is 0. The molecule has 0 atom stereocenters. The highest BCUT2D eigenvalue weighted by molar-refractivity contribution is 6.42. The van der Waals surface area contributed by atoms with E-state index in [1.807, 2.05) is 0 Å². The summed E-state index contributed by atoms with van der Waals surface area (Å²) in [5.74, 6) is -0.726. The van der Waals surface area contributed by atoms with Gasteiger partial charge in [0.2, 0.25) is 5.71 Å². The molecule has 1 heterocycles. The van der Waals surface area contributed by atoms with Crippen molar-refractivity contribution in [2.75, 3.05) is 6.61 Å². The smallest absolute Gasteiger partial charge is 0.362 e. The molecule has 0 aliphatic heterocycles. The van der Waals surface area contributed by atoms with E-state index >= 15 is 0 Å². The standard InChI is InChI=1S/C8H9N3O3/c1-2-14-8(12)7(11-13)6-5-9-3-4-10-6/h3-5,13H,2H2,1H3. The highest BCUT2D eigenvalue weighted by Gasteiger charge is 2.17. The Morgan fingerprint density at radius 2 is 2.43 bits per heavy atom. The first-order chi connectivity index (χ1) is 6.79. The van der Waals surface area contributed by atoms with Gasteiger partial charge in [0.25, 0.3) is 0 Å². The minimum absolute atomic E-state index is 0.174. The lowest BCUT2D eigenvalue weighted by atomic mass is 10.3. The number of oxime groups is 1. The van der Waals surface area contributed by atoms with E-state index in [9.17, 15) is 4.79 Å². The van der Waals surface area contributed by atoms with Gasteiger partial charge >= 0.3 is 5.97 Å². The third-order valence-electron chi connectivity index (χ3n) is 1.37. The number of hydrogen-bond donors (Lipinski definition) is 1. The summed E-state index contributed by atoms with van der Waals surface area (Å²) in [5, 5.41) is 11.4. The van der Waals surface area contributed by atoms with Crippen LogP contribution >= 0.6 is 0 Å². The Morgan fingerprint density at radius 3 is 2.93 bits per heavy atom. The lowest BCUT2D eigenvalue weighted by Gasteiger charge is -2.01. The summed E-state index contributed by atoms with van der Waals surface area (Å²) in [6, 6.07) is 0. The summed E-state index contributed by atoms with van der Waals surface area (Å²) in [4.78, 5) is 18.7. The van der Waals surface area contributed by atoms with Gasteiger partial charge in [-0.15, -0.1) is 0 Å². The molecule has 6 nitrogen and oxygen atoms in total. The molecule has 0 spiro atoms. The molecule has 1 aromatic rings. The molecule has 74 valence electrons. The Bertz CT molecular complexity index is 337. The zero-order valence-corrected chi connectivity index (χ0v) is 7.54. The van der Waals surface area contributed by atoms with Gasteiger partial charge in [0, 0.05) is 12.4 Å². The fourth-order valence-electron chi connectivity index (χ4n) is 0.817. The van der Waals surface area contributed by atoms with Gasteiger partial charge in [-0.2, -0.15) is 0 Å². The molecule has 0 aliphatic carbocycles. The molecule has 0 fully saturated rings. The van der Waals surface area contributed by atoms with Crippen LogP contribution in [-0.2, 0) is 9.53 Å². The van der Waals surface area contributed by atoms with Crippen molar-refractivity contribution >= 4 is 11.7 Å². The molecule has 1 N–H and O–H groups in total. The van der Waals surface area contributed by atoms with Gasteiger partial charge in [-0.3, -0.25) is 9.97 Å². The molecule has 0 saturated carbocycles. The first-order valence-corrected chi connectivity index (χ1v) is 3.95. The first-order valence-electron chi connectivity index (χ1n) is 3.95. The second-order valence-corrected chi connectivity index (χ2v) is 2.26. The van der Waals surface area contributed by atoms with Gasteiger partial charge in [-0.05, 0) is 6.92 Å². The summed E-state index contributed by atoms with van der Waals surface area (Å²) in [6.45, 7) is 1.86. The highest BCUT2D eigenvalue weighted by Crippen LogP contribution is 1.96. The van der Waals surface area contributed by atoms with Crippen molar-refractivity contribution in [3.63, 3.8) is 0 Å². The van der Waals surface area contributed by atoms with Crippen LogP contribution < -0.4 is 0 Å². The Morgan fingerprint density at radius 1 is 1.64 bits per heavy atom. The Hall–Kier alpha value is -1.98. The SMILES string of the molecule is CCOC(=O)C(=NO)c1cnccn1. The molecule has 0 bridgehead atoms. The molecule has 0 aromatic carbocycles. The van der Waals surface area contributed by atoms with Crippen molar-refractivity contribution in [3.05, 3.63) is 24.3 Å². The van der Waals surface area contributed by atoms with Gasteiger partial charge in [0.15, 0.2) is 0 Å². The first kappa shape index (κ1) is 10.1. The Labute approximate surface area is 80.2 Å². The number of carbonyl (C=O) groups excluding carboxylic acids is 1. The van der Waals surface area contributed by atoms with Crippen LogP contribution in [0.25, 0.3) is 0 Å². The van der Waals surface area contributed by atoms with E-state index in [1.165, 1.54) is 18.6 Å². The van der Waals surface area contributed by atoms with Gasteiger partial charge in [-0.1, -0.05) is 5.16 Å². The van der Waals surface area contributed by atoms with Gasteiger partial charge in [0.05, 0.1) is 12.8 Å². The van der Waals surface area contributed by atoms with Crippen molar-refractivity contribution in [1.29, 1.82) is 0 Å². The van der Waals surface area contributed by atoms with E-state index in [2.05, 4.69) is 19.9 Å². The number of carbonyl (C=O) groups is 1. The lowest BCUT2D eigenvalue weighted by Crippen LogP contribution is -2.20. The topological polar surface area (TPSA) is 84.7 Å². The van der Waals surface area contributed by atoms with Gasteiger partial charge in [-0.25, -0.2) is 4.79 Å². The number of rotatable bonds is 3. The predicted molar refractivity (Wildman–Crippen MR) is 47.0 cm³/mol. The maximum Gasteiger partial charge on any atom is 0.362 e. The third kappa shape index (κ3) is 2.25. The average molecular weight is 195 g/mol. The summed E-state index contributed by atoms with van der Waals surface area (Å²) in [6.07, 6.45) is 4.15. The fraction of sp³-hybridized carbons (Fsp3) is 0.250. The van der Waals surface area contributed by atoms with Crippen molar-refractivity contribution in [2.45, 2.75) is 6.92 Å². The van der Waals surface area contributed by atoms with Crippen LogP contribution in [-0.4, -0.2) is 33.5 Å². The number of ether oxygens (including phenoxy) is 1. The monoisotopic (exact) mass is 195 g/mol. The Kier molecular flexibility index (Phi) is 3.54. The minimum Gasteiger partial charge on any atom is -0.461 e. The summed E-state index contributed by atoms with van der Waals surface area (Å²) in [5.41, 5.74) is -0.0756. The molecule has 0 unspecified atom stereocenters. The maximum absolute atomic E-state index is 11.2. The van der Waals surface area contributed by atoms with Gasteiger partial charge in [0.1, 0.15) is 5.69 Å².